The smallest absolute Gasteiger partial charge is 0.272 e. The molecule has 3 aromatic rings. The first kappa shape index (κ1) is 11.0. The van der Waals surface area contributed by atoms with Crippen molar-refractivity contribution < 1.29 is 0 Å². The second kappa shape index (κ2) is 4.30. The summed E-state index contributed by atoms with van der Waals surface area (Å²) in [6.45, 7) is 0. The van der Waals surface area contributed by atoms with Crippen molar-refractivity contribution in [1.82, 2.24) is 20.0 Å². The third-order valence-electron chi connectivity index (χ3n) is 2.55. The Morgan fingerprint density at radius 1 is 1.33 bits per heavy atom. The predicted octanol–water partition coefficient (Wildman–Crippen LogP) is 1.81. The van der Waals surface area contributed by atoms with Crippen LogP contribution in [0.15, 0.2) is 51.4 Å². The highest BCUT2D eigenvalue weighted by Gasteiger charge is 2.03. The Hall–Kier alpha value is -2.08. The molecule has 2 aromatic heterocycles. The van der Waals surface area contributed by atoms with E-state index in [2.05, 4.69) is 15.3 Å². The summed E-state index contributed by atoms with van der Waals surface area (Å²) >= 11 is 1.56. The Bertz CT molecular complexity index is 762. The number of aromatic amines is 1. The molecule has 0 aliphatic rings. The summed E-state index contributed by atoms with van der Waals surface area (Å²) in [7, 11) is 1.88. The maximum atomic E-state index is 11.5. The van der Waals surface area contributed by atoms with Gasteiger partial charge in [-0.2, -0.15) is 10.2 Å². The van der Waals surface area contributed by atoms with Crippen molar-refractivity contribution in [2.24, 2.45) is 7.05 Å². The van der Waals surface area contributed by atoms with Gasteiger partial charge in [0.2, 0.25) is 0 Å². The Kier molecular flexibility index (Phi) is 2.64. The number of fused-ring (bicyclic) bond motifs is 1. The van der Waals surface area contributed by atoms with Gasteiger partial charge in [-0.05, 0) is 24.3 Å². The lowest BCUT2D eigenvalue weighted by Crippen LogP contribution is -2.06. The molecule has 0 fully saturated rings. The Morgan fingerprint density at radius 2 is 2.22 bits per heavy atom. The minimum Gasteiger partial charge on any atom is -0.275 e. The first-order valence-corrected chi connectivity index (χ1v) is 6.19. The highest BCUT2D eigenvalue weighted by atomic mass is 32.2. The zero-order valence-corrected chi connectivity index (χ0v) is 10.4. The van der Waals surface area contributed by atoms with Crippen LogP contribution in [-0.4, -0.2) is 20.0 Å². The van der Waals surface area contributed by atoms with Crippen molar-refractivity contribution in [3.63, 3.8) is 0 Å². The molecule has 2 heterocycles. The molecule has 0 bridgehead atoms. The summed E-state index contributed by atoms with van der Waals surface area (Å²) in [4.78, 5) is 12.5. The molecule has 0 saturated carbocycles. The molecule has 1 N–H and O–H groups in total. The van der Waals surface area contributed by atoms with Crippen molar-refractivity contribution in [2.45, 2.75) is 9.92 Å². The normalized spacial score (nSPS) is 10.9. The highest BCUT2D eigenvalue weighted by Crippen LogP contribution is 2.27. The number of benzene rings is 1. The van der Waals surface area contributed by atoms with Crippen molar-refractivity contribution >= 4 is 22.5 Å². The van der Waals surface area contributed by atoms with E-state index in [-0.39, 0.29) is 5.56 Å². The predicted molar refractivity (Wildman–Crippen MR) is 69.7 cm³/mol. The maximum absolute atomic E-state index is 11.5. The molecule has 0 atom stereocenters. The number of aromatic nitrogens is 4. The van der Waals surface area contributed by atoms with Gasteiger partial charge in [0.15, 0.2) is 0 Å². The lowest BCUT2D eigenvalue weighted by Gasteiger charge is -2.00. The summed E-state index contributed by atoms with van der Waals surface area (Å²) in [5, 5.41) is 12.9. The van der Waals surface area contributed by atoms with Gasteiger partial charge in [0.25, 0.3) is 5.56 Å². The number of aryl methyl sites for hydroxylation is 1. The van der Waals surface area contributed by atoms with Gasteiger partial charge in [0.05, 0.1) is 11.6 Å². The molecule has 0 amide bonds. The van der Waals surface area contributed by atoms with Crippen molar-refractivity contribution in [1.29, 1.82) is 0 Å². The van der Waals surface area contributed by atoms with Crippen LogP contribution in [0.2, 0.25) is 0 Å². The number of nitrogens with one attached hydrogen (secondary N) is 1. The highest BCUT2D eigenvalue weighted by molar-refractivity contribution is 7.99. The quantitative estimate of drug-likeness (QED) is 0.761. The zero-order valence-electron chi connectivity index (χ0n) is 9.62. The fourth-order valence-electron chi connectivity index (χ4n) is 1.71. The van der Waals surface area contributed by atoms with Gasteiger partial charge in [-0.3, -0.25) is 9.48 Å². The van der Waals surface area contributed by atoms with Crippen LogP contribution in [0.25, 0.3) is 10.8 Å². The molecule has 0 saturated heterocycles. The van der Waals surface area contributed by atoms with E-state index in [1.165, 1.54) is 0 Å². The van der Waals surface area contributed by atoms with Crippen LogP contribution in [0, 0.1) is 0 Å². The Morgan fingerprint density at radius 3 is 3.00 bits per heavy atom. The van der Waals surface area contributed by atoms with Gasteiger partial charge in [0, 0.05) is 23.5 Å². The molecule has 3 rings (SSSR count). The van der Waals surface area contributed by atoms with Crippen LogP contribution < -0.4 is 5.56 Å². The van der Waals surface area contributed by atoms with Crippen LogP contribution in [0.4, 0.5) is 0 Å². The molecule has 0 unspecified atom stereocenters. The van der Waals surface area contributed by atoms with E-state index >= 15 is 0 Å². The van der Waals surface area contributed by atoms with E-state index in [0.29, 0.717) is 5.39 Å². The number of hydrogen-bond donors (Lipinski definition) is 1. The summed E-state index contributed by atoms with van der Waals surface area (Å²) in [6.07, 6.45) is 3.55. The Balaban J connectivity index is 2.01. The molecular formula is C12H10N4OS. The maximum Gasteiger partial charge on any atom is 0.272 e. The fourth-order valence-corrected chi connectivity index (χ4v) is 2.57. The molecule has 6 heteroatoms. The largest absolute Gasteiger partial charge is 0.275 e. The van der Waals surface area contributed by atoms with E-state index < -0.39 is 0 Å². The zero-order chi connectivity index (χ0) is 12.5. The second-order valence-electron chi connectivity index (χ2n) is 3.88. The van der Waals surface area contributed by atoms with Crippen LogP contribution in [0.3, 0.4) is 0 Å². The van der Waals surface area contributed by atoms with E-state index in [0.717, 1.165) is 15.3 Å². The number of nitrogens with zero attached hydrogens (tertiary/aromatic N) is 3. The van der Waals surface area contributed by atoms with Crippen molar-refractivity contribution in [3.05, 3.63) is 47.0 Å². The first-order chi connectivity index (χ1) is 8.72. The first-order valence-electron chi connectivity index (χ1n) is 5.37. The van der Waals surface area contributed by atoms with Gasteiger partial charge in [0.1, 0.15) is 5.03 Å². The number of hydrogen-bond acceptors (Lipinski definition) is 4. The molecule has 90 valence electrons. The molecule has 0 aliphatic carbocycles. The average Bonchev–Trinajstić information content (AvgIpc) is 2.75. The third kappa shape index (κ3) is 2.02. The second-order valence-corrected chi connectivity index (χ2v) is 4.97. The molecule has 0 radical (unpaired) electrons. The number of H-pyrrole nitrogens is 1. The standard InChI is InChI=1S/C12H10N4OS/c1-16-5-4-11(15-16)18-9-2-3-10-8(6-9)7-13-14-12(10)17/h2-7H,1H3,(H,14,17). The van der Waals surface area contributed by atoms with Gasteiger partial charge in [-0.25, -0.2) is 5.10 Å². The van der Waals surface area contributed by atoms with Crippen LogP contribution >= 0.6 is 11.8 Å². The van der Waals surface area contributed by atoms with Crippen LogP contribution in [0.1, 0.15) is 0 Å². The van der Waals surface area contributed by atoms with Crippen molar-refractivity contribution in [3.8, 4) is 0 Å². The lowest BCUT2D eigenvalue weighted by molar-refractivity contribution is 0.738. The lowest BCUT2D eigenvalue weighted by atomic mass is 10.2. The minimum atomic E-state index is -0.165. The van der Waals surface area contributed by atoms with E-state index in [9.17, 15) is 4.79 Å². The SMILES string of the molecule is Cn1ccc(Sc2ccc3c(=O)[nH]ncc3c2)n1. The molecule has 0 aliphatic heterocycles. The monoisotopic (exact) mass is 258 g/mol. The van der Waals surface area contributed by atoms with E-state index in [1.54, 1.807) is 28.7 Å². The molecule has 18 heavy (non-hydrogen) atoms. The van der Waals surface area contributed by atoms with Gasteiger partial charge >= 0.3 is 0 Å². The summed E-state index contributed by atoms with van der Waals surface area (Å²) in [6, 6.07) is 7.61. The van der Waals surface area contributed by atoms with E-state index in [1.807, 2.05) is 31.4 Å². The summed E-state index contributed by atoms with van der Waals surface area (Å²) in [5.74, 6) is 0. The number of rotatable bonds is 2. The minimum absolute atomic E-state index is 0.165. The van der Waals surface area contributed by atoms with Crippen LogP contribution in [-0.2, 0) is 7.05 Å². The molecular weight excluding hydrogens is 248 g/mol. The summed E-state index contributed by atoms with van der Waals surface area (Å²) < 4.78 is 1.76. The fraction of sp³-hybridized carbons (Fsp3) is 0.0833. The van der Waals surface area contributed by atoms with Gasteiger partial charge < -0.3 is 0 Å². The molecule has 1 aromatic carbocycles. The van der Waals surface area contributed by atoms with Gasteiger partial charge in [-0.15, -0.1) is 0 Å². The van der Waals surface area contributed by atoms with Gasteiger partial charge in [-0.1, -0.05) is 11.8 Å². The van der Waals surface area contributed by atoms with Crippen LogP contribution in [0.5, 0.6) is 0 Å². The Labute approximate surface area is 107 Å². The topological polar surface area (TPSA) is 63.6 Å². The molecule has 0 spiro atoms. The average molecular weight is 258 g/mol. The van der Waals surface area contributed by atoms with Crippen molar-refractivity contribution in [2.75, 3.05) is 0 Å². The molecule has 5 nitrogen and oxygen atoms in total. The summed E-state index contributed by atoms with van der Waals surface area (Å²) in [5.41, 5.74) is -0.165. The third-order valence-corrected chi connectivity index (χ3v) is 3.47. The van der Waals surface area contributed by atoms with E-state index in [4.69, 9.17) is 0 Å².